The third-order valence-electron chi connectivity index (χ3n) is 3.20. The molecule has 2 nitrogen and oxygen atoms in total. The van der Waals surface area contributed by atoms with E-state index < -0.39 is 0 Å². The van der Waals surface area contributed by atoms with Crippen molar-refractivity contribution in [1.29, 1.82) is 0 Å². The maximum absolute atomic E-state index is 3.58. The van der Waals surface area contributed by atoms with Crippen LogP contribution in [0.2, 0.25) is 0 Å². The van der Waals surface area contributed by atoms with E-state index in [2.05, 4.69) is 59.1 Å². The highest BCUT2D eigenvalue weighted by Gasteiger charge is 2.33. The smallest absolute Gasteiger partial charge is 0.0701 e. The summed E-state index contributed by atoms with van der Waals surface area (Å²) in [6, 6.07) is 4.97. The van der Waals surface area contributed by atoms with Crippen molar-refractivity contribution in [3.63, 3.8) is 0 Å². The van der Waals surface area contributed by atoms with Gasteiger partial charge >= 0.3 is 0 Å². The lowest BCUT2D eigenvalue weighted by Gasteiger charge is -2.41. The highest BCUT2D eigenvalue weighted by molar-refractivity contribution is 9.11. The van der Waals surface area contributed by atoms with Crippen molar-refractivity contribution in [2.75, 3.05) is 26.2 Å². The summed E-state index contributed by atoms with van der Waals surface area (Å²) >= 11 is 5.45. The summed E-state index contributed by atoms with van der Waals surface area (Å²) < 4.78 is 1.23. The van der Waals surface area contributed by atoms with E-state index in [9.17, 15) is 0 Å². The largest absolute Gasteiger partial charge is 0.314 e. The van der Waals surface area contributed by atoms with Gasteiger partial charge in [-0.3, -0.25) is 4.90 Å². The fraction of sp³-hybridized carbons (Fsp3) is 0.692. The van der Waals surface area contributed by atoms with Gasteiger partial charge in [0.25, 0.3) is 0 Å². The highest BCUT2D eigenvalue weighted by Crippen LogP contribution is 2.41. The first-order valence-electron chi connectivity index (χ1n) is 6.18. The number of hydrogen-bond acceptors (Lipinski definition) is 3. The molecule has 1 aliphatic heterocycles. The van der Waals surface area contributed by atoms with Crippen LogP contribution >= 0.6 is 27.3 Å². The van der Waals surface area contributed by atoms with E-state index in [0.717, 1.165) is 26.2 Å². The van der Waals surface area contributed by atoms with Gasteiger partial charge in [-0.15, -0.1) is 11.3 Å². The number of nitrogens with one attached hydrogen (secondary N) is 1. The number of piperazine rings is 1. The quantitative estimate of drug-likeness (QED) is 0.898. The molecule has 1 N–H and O–H groups in total. The van der Waals surface area contributed by atoms with E-state index in [1.165, 1.54) is 8.66 Å². The van der Waals surface area contributed by atoms with E-state index in [-0.39, 0.29) is 5.41 Å². The van der Waals surface area contributed by atoms with Crippen molar-refractivity contribution in [2.45, 2.75) is 26.8 Å². The molecule has 0 spiro atoms. The number of halogens is 1. The van der Waals surface area contributed by atoms with Crippen LogP contribution in [0.25, 0.3) is 0 Å². The lowest BCUT2D eigenvalue weighted by Crippen LogP contribution is -2.48. The standard InChI is InChI=1S/C13H21BrN2S/c1-13(2,3)12(10-4-5-11(14)17-10)16-8-6-15-7-9-16/h4-5,12,15H,6-9H2,1-3H3/t12-/m0/s1. The lowest BCUT2D eigenvalue weighted by molar-refractivity contribution is 0.0888. The molecule has 0 radical (unpaired) electrons. The molecule has 0 amide bonds. The van der Waals surface area contributed by atoms with Gasteiger partial charge in [0.2, 0.25) is 0 Å². The molecule has 1 saturated heterocycles. The summed E-state index contributed by atoms with van der Waals surface area (Å²) in [6.07, 6.45) is 0. The maximum atomic E-state index is 3.58. The summed E-state index contributed by atoms with van der Waals surface area (Å²) in [5.74, 6) is 0. The highest BCUT2D eigenvalue weighted by atomic mass is 79.9. The van der Waals surface area contributed by atoms with Gasteiger partial charge < -0.3 is 5.32 Å². The Labute approximate surface area is 117 Å². The minimum absolute atomic E-state index is 0.279. The SMILES string of the molecule is CC(C)(C)[C@H](c1ccc(Br)s1)N1CCNCC1. The van der Waals surface area contributed by atoms with Crippen molar-refractivity contribution < 1.29 is 0 Å². The predicted molar refractivity (Wildman–Crippen MR) is 78.7 cm³/mol. The monoisotopic (exact) mass is 316 g/mol. The molecule has 4 heteroatoms. The molecule has 17 heavy (non-hydrogen) atoms. The second-order valence-corrected chi connectivity index (χ2v) is 8.19. The predicted octanol–water partition coefficient (Wildman–Crippen LogP) is 3.50. The van der Waals surface area contributed by atoms with Crippen LogP contribution in [0.1, 0.15) is 31.7 Å². The topological polar surface area (TPSA) is 15.3 Å². The molecule has 0 saturated carbocycles. The summed E-state index contributed by atoms with van der Waals surface area (Å²) in [5.41, 5.74) is 0.279. The van der Waals surface area contributed by atoms with Crippen LogP contribution in [-0.2, 0) is 0 Å². The van der Waals surface area contributed by atoms with Crippen LogP contribution in [0.4, 0.5) is 0 Å². The van der Waals surface area contributed by atoms with E-state index in [1.807, 2.05) is 11.3 Å². The van der Waals surface area contributed by atoms with Gasteiger partial charge in [0.05, 0.1) is 3.79 Å². The molecule has 1 atom stereocenters. The van der Waals surface area contributed by atoms with E-state index in [1.54, 1.807) is 0 Å². The van der Waals surface area contributed by atoms with Crippen molar-refractivity contribution in [2.24, 2.45) is 5.41 Å². The van der Waals surface area contributed by atoms with Crippen molar-refractivity contribution >= 4 is 27.3 Å². The fourth-order valence-corrected chi connectivity index (χ4v) is 4.37. The van der Waals surface area contributed by atoms with Gasteiger partial charge in [-0.2, -0.15) is 0 Å². The van der Waals surface area contributed by atoms with Crippen LogP contribution < -0.4 is 5.32 Å². The molecule has 0 aliphatic carbocycles. The van der Waals surface area contributed by atoms with Gasteiger partial charge in [-0.25, -0.2) is 0 Å². The summed E-state index contributed by atoms with van der Waals surface area (Å²) in [5, 5.41) is 3.43. The van der Waals surface area contributed by atoms with Crippen LogP contribution in [0, 0.1) is 5.41 Å². The molecule has 96 valence electrons. The molecule has 1 fully saturated rings. The van der Waals surface area contributed by atoms with Gasteiger partial charge in [-0.1, -0.05) is 20.8 Å². The molecular weight excluding hydrogens is 296 g/mol. The van der Waals surface area contributed by atoms with Crippen LogP contribution in [0.15, 0.2) is 15.9 Å². The van der Waals surface area contributed by atoms with Gasteiger partial charge in [0.1, 0.15) is 0 Å². The first-order chi connectivity index (χ1) is 7.98. The Morgan fingerprint density at radius 1 is 1.29 bits per heavy atom. The van der Waals surface area contributed by atoms with Gasteiger partial charge in [-0.05, 0) is 33.5 Å². The first-order valence-corrected chi connectivity index (χ1v) is 7.79. The molecule has 0 unspecified atom stereocenters. The Kier molecular flexibility index (Phi) is 4.29. The number of hydrogen-bond donors (Lipinski definition) is 1. The molecule has 1 aromatic heterocycles. The average molecular weight is 317 g/mol. The Bertz CT molecular complexity index is 364. The Hall–Kier alpha value is 0.1000. The number of nitrogens with zero attached hydrogens (tertiary/aromatic N) is 1. The van der Waals surface area contributed by atoms with E-state index in [4.69, 9.17) is 0 Å². The second-order valence-electron chi connectivity index (χ2n) is 5.70. The third kappa shape index (κ3) is 3.31. The van der Waals surface area contributed by atoms with Crippen LogP contribution in [0.5, 0.6) is 0 Å². The Balaban J connectivity index is 2.24. The Morgan fingerprint density at radius 3 is 2.41 bits per heavy atom. The zero-order valence-corrected chi connectivity index (χ0v) is 13.2. The summed E-state index contributed by atoms with van der Waals surface area (Å²) in [7, 11) is 0. The van der Waals surface area contributed by atoms with Crippen LogP contribution in [0.3, 0.4) is 0 Å². The Morgan fingerprint density at radius 2 is 1.94 bits per heavy atom. The fourth-order valence-electron chi connectivity index (χ4n) is 2.57. The van der Waals surface area contributed by atoms with Gasteiger partial charge in [0, 0.05) is 37.1 Å². The summed E-state index contributed by atoms with van der Waals surface area (Å²) in [4.78, 5) is 4.10. The third-order valence-corrected chi connectivity index (χ3v) is 4.88. The minimum atomic E-state index is 0.279. The lowest BCUT2D eigenvalue weighted by atomic mass is 9.84. The first kappa shape index (κ1) is 13.5. The molecule has 1 aromatic rings. The number of thiophene rings is 1. The molecule has 1 aliphatic rings. The molecule has 0 bridgehead atoms. The van der Waals surface area contributed by atoms with Crippen molar-refractivity contribution in [3.05, 3.63) is 20.8 Å². The minimum Gasteiger partial charge on any atom is -0.314 e. The van der Waals surface area contributed by atoms with E-state index >= 15 is 0 Å². The van der Waals surface area contributed by atoms with E-state index in [0.29, 0.717) is 6.04 Å². The molecule has 0 aromatic carbocycles. The van der Waals surface area contributed by atoms with Crippen molar-refractivity contribution in [3.8, 4) is 0 Å². The van der Waals surface area contributed by atoms with Gasteiger partial charge in [0.15, 0.2) is 0 Å². The average Bonchev–Trinajstić information content (AvgIpc) is 2.64. The zero-order chi connectivity index (χ0) is 12.5. The molecule has 2 heterocycles. The maximum Gasteiger partial charge on any atom is 0.0701 e. The van der Waals surface area contributed by atoms with Crippen molar-refractivity contribution in [1.82, 2.24) is 10.2 Å². The summed E-state index contributed by atoms with van der Waals surface area (Å²) in [6.45, 7) is 11.5. The normalized spacial score (nSPS) is 20.5. The second kappa shape index (κ2) is 5.39. The molecule has 2 rings (SSSR count). The van der Waals surface area contributed by atoms with Crippen LogP contribution in [-0.4, -0.2) is 31.1 Å². The number of rotatable bonds is 2. The molecular formula is C13H21BrN2S. The zero-order valence-electron chi connectivity index (χ0n) is 10.8.